The molecule has 0 saturated carbocycles. The Kier molecular flexibility index (Phi) is 3.74. The summed E-state index contributed by atoms with van der Waals surface area (Å²) < 4.78 is 0. The van der Waals surface area contributed by atoms with Gasteiger partial charge < -0.3 is 0 Å². The molecule has 0 aliphatic carbocycles. The maximum Gasteiger partial charge on any atom is 0.0784 e. The van der Waals surface area contributed by atoms with Crippen molar-refractivity contribution in [2.75, 3.05) is 0 Å². The van der Waals surface area contributed by atoms with E-state index in [2.05, 4.69) is 13.8 Å². The first-order valence-corrected chi connectivity index (χ1v) is 5.64. The molecule has 0 bridgehead atoms. The summed E-state index contributed by atoms with van der Waals surface area (Å²) in [4.78, 5) is 0. The van der Waals surface area contributed by atoms with Crippen molar-refractivity contribution in [1.82, 2.24) is 0 Å². The van der Waals surface area contributed by atoms with Crippen LogP contribution in [0.4, 0.5) is 0 Å². The van der Waals surface area contributed by atoms with E-state index in [1.165, 1.54) is 0 Å². The predicted molar refractivity (Wildman–Crippen MR) is 65.0 cm³/mol. The average molecular weight is 252 g/mol. The van der Waals surface area contributed by atoms with E-state index in [0.717, 1.165) is 16.7 Å². The number of hydrogen-bond donors (Lipinski definition) is 0. The van der Waals surface area contributed by atoms with E-state index >= 15 is 0 Å². The monoisotopic (exact) mass is 250 g/mol. The molecule has 0 amide bonds. The van der Waals surface area contributed by atoms with Crippen LogP contribution in [0.25, 0.3) is 0 Å². The summed E-state index contributed by atoms with van der Waals surface area (Å²) in [6, 6.07) is 0. The first kappa shape index (κ1) is 12.2. The van der Waals surface area contributed by atoms with Gasteiger partial charge in [-0.25, -0.2) is 0 Å². The lowest BCUT2D eigenvalue weighted by molar-refractivity contribution is 0.854. The third kappa shape index (κ3) is 1.88. The SMILES string of the molecule is Cc1c(C)c(C(C)C)c(Cl)c(Cl)c1Cl. The van der Waals surface area contributed by atoms with Crippen LogP contribution in [0.2, 0.25) is 15.1 Å². The molecule has 0 aliphatic heterocycles. The van der Waals surface area contributed by atoms with Gasteiger partial charge >= 0.3 is 0 Å². The fraction of sp³-hybridized carbons (Fsp3) is 0.455. The van der Waals surface area contributed by atoms with Gasteiger partial charge in [0.25, 0.3) is 0 Å². The Morgan fingerprint density at radius 3 is 1.71 bits per heavy atom. The van der Waals surface area contributed by atoms with Gasteiger partial charge in [-0.05, 0) is 36.5 Å². The first-order chi connectivity index (χ1) is 6.37. The van der Waals surface area contributed by atoms with E-state index in [1.807, 2.05) is 13.8 Å². The number of halogens is 3. The van der Waals surface area contributed by atoms with Crippen LogP contribution in [0.5, 0.6) is 0 Å². The normalized spacial score (nSPS) is 11.1. The third-order valence-electron chi connectivity index (χ3n) is 2.49. The molecule has 78 valence electrons. The minimum atomic E-state index is 0.357. The van der Waals surface area contributed by atoms with Crippen LogP contribution in [-0.4, -0.2) is 0 Å². The molecule has 0 heterocycles. The molecule has 0 nitrogen and oxygen atoms in total. The summed E-state index contributed by atoms with van der Waals surface area (Å²) in [6.07, 6.45) is 0. The van der Waals surface area contributed by atoms with Crippen molar-refractivity contribution in [2.45, 2.75) is 33.6 Å². The first-order valence-electron chi connectivity index (χ1n) is 4.51. The Morgan fingerprint density at radius 2 is 1.29 bits per heavy atom. The molecule has 0 N–H and O–H groups in total. The maximum absolute atomic E-state index is 6.15. The van der Waals surface area contributed by atoms with Crippen LogP contribution in [0, 0.1) is 13.8 Å². The topological polar surface area (TPSA) is 0 Å². The van der Waals surface area contributed by atoms with Crippen LogP contribution >= 0.6 is 34.8 Å². The Bertz CT molecular complexity index is 338. The van der Waals surface area contributed by atoms with Gasteiger partial charge in [0.05, 0.1) is 15.1 Å². The number of benzene rings is 1. The highest BCUT2D eigenvalue weighted by molar-refractivity contribution is 6.48. The van der Waals surface area contributed by atoms with Crippen molar-refractivity contribution < 1.29 is 0 Å². The molecule has 3 heteroatoms. The Morgan fingerprint density at radius 1 is 0.786 bits per heavy atom. The van der Waals surface area contributed by atoms with Crippen molar-refractivity contribution >= 4 is 34.8 Å². The van der Waals surface area contributed by atoms with Crippen molar-refractivity contribution in [3.8, 4) is 0 Å². The van der Waals surface area contributed by atoms with Crippen molar-refractivity contribution in [1.29, 1.82) is 0 Å². The van der Waals surface area contributed by atoms with Gasteiger partial charge in [-0.1, -0.05) is 48.7 Å². The molecular weight excluding hydrogens is 238 g/mol. The highest BCUT2D eigenvalue weighted by Crippen LogP contribution is 2.40. The van der Waals surface area contributed by atoms with E-state index in [1.54, 1.807) is 0 Å². The zero-order valence-corrected chi connectivity index (χ0v) is 11.0. The quantitative estimate of drug-likeness (QED) is 0.587. The average Bonchev–Trinajstić information content (AvgIpc) is 2.11. The summed E-state index contributed by atoms with van der Waals surface area (Å²) in [5.41, 5.74) is 3.25. The molecule has 0 aromatic heterocycles. The van der Waals surface area contributed by atoms with E-state index in [4.69, 9.17) is 34.8 Å². The third-order valence-corrected chi connectivity index (χ3v) is 3.93. The molecular formula is C11H13Cl3. The van der Waals surface area contributed by atoms with E-state index in [-0.39, 0.29) is 0 Å². The molecule has 0 fully saturated rings. The van der Waals surface area contributed by atoms with Gasteiger partial charge in [-0.2, -0.15) is 0 Å². The lowest BCUT2D eigenvalue weighted by Gasteiger charge is -2.17. The molecule has 1 aromatic rings. The lowest BCUT2D eigenvalue weighted by Crippen LogP contribution is -1.98. The van der Waals surface area contributed by atoms with Gasteiger partial charge in [0.1, 0.15) is 0 Å². The maximum atomic E-state index is 6.15. The summed E-state index contributed by atoms with van der Waals surface area (Å²) in [7, 11) is 0. The number of rotatable bonds is 1. The Balaban J connectivity index is 3.60. The fourth-order valence-corrected chi connectivity index (χ4v) is 2.58. The van der Waals surface area contributed by atoms with Crippen molar-refractivity contribution in [2.24, 2.45) is 0 Å². The van der Waals surface area contributed by atoms with Gasteiger partial charge in [0.2, 0.25) is 0 Å². The van der Waals surface area contributed by atoms with E-state index < -0.39 is 0 Å². The van der Waals surface area contributed by atoms with Crippen LogP contribution in [0.3, 0.4) is 0 Å². The molecule has 14 heavy (non-hydrogen) atoms. The largest absolute Gasteiger partial charge is 0.0824 e. The lowest BCUT2D eigenvalue weighted by atomic mass is 9.94. The van der Waals surface area contributed by atoms with Gasteiger partial charge in [-0.15, -0.1) is 0 Å². The highest BCUT2D eigenvalue weighted by atomic mass is 35.5. The smallest absolute Gasteiger partial charge is 0.0784 e. The molecule has 1 aromatic carbocycles. The molecule has 0 spiro atoms. The predicted octanol–water partition coefficient (Wildman–Crippen LogP) is 5.39. The summed E-state index contributed by atoms with van der Waals surface area (Å²) in [5.74, 6) is 0.357. The summed E-state index contributed by atoms with van der Waals surface area (Å²) >= 11 is 18.2. The van der Waals surface area contributed by atoms with Crippen molar-refractivity contribution in [3.63, 3.8) is 0 Å². The van der Waals surface area contributed by atoms with Gasteiger partial charge in [0.15, 0.2) is 0 Å². The molecule has 1 rings (SSSR count). The molecule has 0 radical (unpaired) electrons. The van der Waals surface area contributed by atoms with Gasteiger partial charge in [0, 0.05) is 0 Å². The molecule has 0 unspecified atom stereocenters. The van der Waals surface area contributed by atoms with E-state index in [0.29, 0.717) is 21.0 Å². The standard InChI is InChI=1S/C11H13Cl3/c1-5(2)8-6(3)7(4)9(12)11(14)10(8)13/h5H,1-4H3. The minimum Gasteiger partial charge on any atom is -0.0824 e. The zero-order chi connectivity index (χ0) is 11.0. The summed E-state index contributed by atoms with van der Waals surface area (Å²) in [5, 5.41) is 1.63. The van der Waals surface area contributed by atoms with Crippen molar-refractivity contribution in [3.05, 3.63) is 31.8 Å². The second-order valence-corrected chi connectivity index (χ2v) is 4.89. The minimum absolute atomic E-state index is 0.357. The zero-order valence-electron chi connectivity index (χ0n) is 8.71. The van der Waals surface area contributed by atoms with Crippen LogP contribution < -0.4 is 0 Å². The second-order valence-electron chi connectivity index (χ2n) is 3.76. The van der Waals surface area contributed by atoms with Crippen LogP contribution in [-0.2, 0) is 0 Å². The van der Waals surface area contributed by atoms with Gasteiger partial charge in [-0.3, -0.25) is 0 Å². The Hall–Kier alpha value is 0.0900. The molecule has 0 atom stereocenters. The molecule has 0 saturated heterocycles. The Labute approximate surface area is 100 Å². The second kappa shape index (κ2) is 4.30. The van der Waals surface area contributed by atoms with Crippen LogP contribution in [0.1, 0.15) is 36.5 Å². The summed E-state index contributed by atoms with van der Waals surface area (Å²) in [6.45, 7) is 8.18. The molecule has 0 aliphatic rings. The fourth-order valence-electron chi connectivity index (χ4n) is 1.60. The van der Waals surface area contributed by atoms with E-state index in [9.17, 15) is 0 Å². The number of hydrogen-bond acceptors (Lipinski definition) is 0. The highest BCUT2D eigenvalue weighted by Gasteiger charge is 2.17. The van der Waals surface area contributed by atoms with Crippen LogP contribution in [0.15, 0.2) is 0 Å².